The van der Waals surface area contributed by atoms with Gasteiger partial charge >= 0.3 is 0 Å². The van der Waals surface area contributed by atoms with Crippen molar-refractivity contribution in [3.63, 3.8) is 0 Å². The Morgan fingerprint density at radius 3 is 2.82 bits per heavy atom. The molecule has 1 aromatic carbocycles. The van der Waals surface area contributed by atoms with E-state index in [0.29, 0.717) is 16.8 Å². The molecule has 0 atom stereocenters. The Morgan fingerprint density at radius 1 is 1.41 bits per heavy atom. The molecule has 3 nitrogen and oxygen atoms in total. The average molecular weight is 251 g/mol. The molecular formula is C13H15ClN2O. The van der Waals surface area contributed by atoms with Gasteiger partial charge in [-0.2, -0.15) is 0 Å². The number of nitrogens with two attached hydrogens (primary N) is 1. The highest BCUT2D eigenvalue weighted by Gasteiger charge is 2.16. The molecular weight excluding hydrogens is 236 g/mol. The van der Waals surface area contributed by atoms with E-state index in [4.69, 9.17) is 21.9 Å². The van der Waals surface area contributed by atoms with Crippen LogP contribution in [0.25, 0.3) is 11.1 Å². The van der Waals surface area contributed by atoms with Crippen LogP contribution in [0.1, 0.15) is 19.6 Å². The molecule has 0 fully saturated rings. The summed E-state index contributed by atoms with van der Waals surface area (Å²) in [5.74, 6) is 1.72. The summed E-state index contributed by atoms with van der Waals surface area (Å²) in [5, 5.41) is 4.51. The van der Waals surface area contributed by atoms with Gasteiger partial charge in [0.25, 0.3) is 0 Å². The zero-order valence-electron chi connectivity index (χ0n) is 9.90. The standard InChI is InChI=1S/C13H15ClN2O/c1-8(2)6-11-12(13(15)16-17-11)9-4-3-5-10(14)7-9/h3-5,7-8H,6H2,1-2H3,(H2,15,16). The number of rotatable bonds is 3. The summed E-state index contributed by atoms with van der Waals surface area (Å²) in [4.78, 5) is 0. The Kier molecular flexibility index (Phi) is 3.38. The summed E-state index contributed by atoms with van der Waals surface area (Å²) in [5.41, 5.74) is 7.66. The Labute approximate surface area is 106 Å². The molecule has 90 valence electrons. The lowest BCUT2D eigenvalue weighted by Gasteiger charge is -2.05. The van der Waals surface area contributed by atoms with Crippen LogP contribution in [0, 0.1) is 5.92 Å². The quantitative estimate of drug-likeness (QED) is 0.902. The number of nitrogen functional groups attached to an aromatic ring is 1. The van der Waals surface area contributed by atoms with Gasteiger partial charge in [0.05, 0.1) is 5.56 Å². The van der Waals surface area contributed by atoms with Gasteiger partial charge in [0.1, 0.15) is 5.76 Å². The van der Waals surface area contributed by atoms with Crippen LogP contribution in [0.5, 0.6) is 0 Å². The maximum atomic E-state index is 5.98. The second-order valence-corrected chi connectivity index (χ2v) is 4.91. The summed E-state index contributed by atoms with van der Waals surface area (Å²) in [6.07, 6.45) is 0.812. The molecule has 1 aromatic heterocycles. The molecule has 2 N–H and O–H groups in total. The van der Waals surface area contributed by atoms with E-state index in [2.05, 4.69) is 19.0 Å². The van der Waals surface area contributed by atoms with Gasteiger partial charge in [-0.3, -0.25) is 0 Å². The smallest absolute Gasteiger partial charge is 0.175 e. The van der Waals surface area contributed by atoms with E-state index >= 15 is 0 Å². The number of benzene rings is 1. The van der Waals surface area contributed by atoms with Gasteiger partial charge in [-0.1, -0.05) is 42.7 Å². The highest BCUT2D eigenvalue weighted by molar-refractivity contribution is 6.30. The minimum atomic E-state index is 0.419. The van der Waals surface area contributed by atoms with E-state index in [1.165, 1.54) is 0 Å². The van der Waals surface area contributed by atoms with Crippen LogP contribution in [0.2, 0.25) is 5.02 Å². The zero-order chi connectivity index (χ0) is 12.4. The van der Waals surface area contributed by atoms with Crippen molar-refractivity contribution in [2.24, 2.45) is 5.92 Å². The van der Waals surface area contributed by atoms with Crippen LogP contribution < -0.4 is 5.73 Å². The van der Waals surface area contributed by atoms with Crippen molar-refractivity contribution in [3.05, 3.63) is 35.0 Å². The summed E-state index contributed by atoms with van der Waals surface area (Å²) in [7, 11) is 0. The summed E-state index contributed by atoms with van der Waals surface area (Å²) in [6.45, 7) is 4.25. The van der Waals surface area contributed by atoms with Gasteiger partial charge in [0.15, 0.2) is 5.82 Å². The maximum absolute atomic E-state index is 5.98. The fourth-order valence-corrected chi connectivity index (χ4v) is 1.99. The lowest BCUT2D eigenvalue weighted by Crippen LogP contribution is -1.95. The van der Waals surface area contributed by atoms with Crippen molar-refractivity contribution in [2.45, 2.75) is 20.3 Å². The third kappa shape index (κ3) is 2.61. The lowest BCUT2D eigenvalue weighted by atomic mass is 10.0. The van der Waals surface area contributed by atoms with Crippen molar-refractivity contribution in [1.29, 1.82) is 0 Å². The van der Waals surface area contributed by atoms with E-state index in [1.54, 1.807) is 0 Å². The molecule has 0 aliphatic rings. The molecule has 2 aromatic rings. The van der Waals surface area contributed by atoms with E-state index in [9.17, 15) is 0 Å². The molecule has 1 heterocycles. The fraction of sp³-hybridized carbons (Fsp3) is 0.308. The molecule has 0 saturated carbocycles. The first-order valence-electron chi connectivity index (χ1n) is 5.58. The topological polar surface area (TPSA) is 52.0 Å². The van der Waals surface area contributed by atoms with Gasteiger partial charge in [0.2, 0.25) is 0 Å². The van der Waals surface area contributed by atoms with Crippen LogP contribution in [-0.2, 0) is 6.42 Å². The second kappa shape index (κ2) is 4.80. The van der Waals surface area contributed by atoms with E-state index in [0.717, 1.165) is 23.3 Å². The highest BCUT2D eigenvalue weighted by Crippen LogP contribution is 2.32. The predicted octanol–water partition coefficient (Wildman–Crippen LogP) is 3.78. The van der Waals surface area contributed by atoms with Crippen molar-refractivity contribution < 1.29 is 4.52 Å². The van der Waals surface area contributed by atoms with Gasteiger partial charge in [0, 0.05) is 11.4 Å². The zero-order valence-corrected chi connectivity index (χ0v) is 10.7. The highest BCUT2D eigenvalue weighted by atomic mass is 35.5. The Morgan fingerprint density at radius 2 is 2.18 bits per heavy atom. The van der Waals surface area contributed by atoms with Gasteiger partial charge in [-0.25, -0.2) is 0 Å². The molecule has 2 rings (SSSR count). The molecule has 17 heavy (non-hydrogen) atoms. The number of hydrogen-bond acceptors (Lipinski definition) is 3. The number of anilines is 1. The Hall–Kier alpha value is -1.48. The molecule has 0 amide bonds. The van der Waals surface area contributed by atoms with Gasteiger partial charge < -0.3 is 10.3 Å². The van der Waals surface area contributed by atoms with Crippen LogP contribution in [-0.4, -0.2) is 5.16 Å². The number of nitrogens with zero attached hydrogens (tertiary/aromatic N) is 1. The molecule has 0 aliphatic heterocycles. The van der Waals surface area contributed by atoms with Crippen molar-refractivity contribution in [1.82, 2.24) is 5.16 Å². The monoisotopic (exact) mass is 250 g/mol. The third-order valence-corrected chi connectivity index (χ3v) is 2.73. The van der Waals surface area contributed by atoms with Gasteiger partial charge in [-0.15, -0.1) is 0 Å². The van der Waals surface area contributed by atoms with Crippen molar-refractivity contribution >= 4 is 17.4 Å². The normalized spacial score (nSPS) is 11.1. The number of halogens is 1. The summed E-state index contributed by atoms with van der Waals surface area (Å²) >= 11 is 5.98. The molecule has 4 heteroatoms. The minimum absolute atomic E-state index is 0.419. The Balaban J connectivity index is 2.47. The van der Waals surface area contributed by atoms with Crippen LogP contribution in [0.4, 0.5) is 5.82 Å². The van der Waals surface area contributed by atoms with E-state index in [-0.39, 0.29) is 0 Å². The van der Waals surface area contributed by atoms with Crippen LogP contribution >= 0.6 is 11.6 Å². The van der Waals surface area contributed by atoms with E-state index in [1.807, 2.05) is 24.3 Å². The second-order valence-electron chi connectivity index (χ2n) is 4.47. The summed E-state index contributed by atoms with van der Waals surface area (Å²) < 4.78 is 5.28. The lowest BCUT2D eigenvalue weighted by molar-refractivity contribution is 0.372. The molecule has 0 bridgehead atoms. The SMILES string of the molecule is CC(C)Cc1onc(N)c1-c1cccc(Cl)c1. The average Bonchev–Trinajstić information content (AvgIpc) is 2.59. The van der Waals surface area contributed by atoms with Crippen LogP contribution in [0.15, 0.2) is 28.8 Å². The molecule has 0 radical (unpaired) electrons. The third-order valence-electron chi connectivity index (χ3n) is 2.50. The van der Waals surface area contributed by atoms with E-state index < -0.39 is 0 Å². The minimum Gasteiger partial charge on any atom is -0.380 e. The first kappa shape index (κ1) is 12.0. The fourth-order valence-electron chi connectivity index (χ4n) is 1.80. The predicted molar refractivity (Wildman–Crippen MR) is 69.9 cm³/mol. The summed E-state index contributed by atoms with van der Waals surface area (Å²) in [6, 6.07) is 7.55. The molecule has 0 aliphatic carbocycles. The van der Waals surface area contributed by atoms with Gasteiger partial charge in [-0.05, 0) is 23.6 Å². The maximum Gasteiger partial charge on any atom is 0.175 e. The molecule has 0 saturated heterocycles. The largest absolute Gasteiger partial charge is 0.380 e. The Bertz CT molecular complexity index is 520. The molecule has 0 spiro atoms. The van der Waals surface area contributed by atoms with Crippen LogP contribution in [0.3, 0.4) is 0 Å². The molecule has 0 unspecified atom stereocenters. The number of hydrogen-bond donors (Lipinski definition) is 1. The first-order valence-corrected chi connectivity index (χ1v) is 5.95. The van der Waals surface area contributed by atoms with Crippen molar-refractivity contribution in [3.8, 4) is 11.1 Å². The number of aromatic nitrogens is 1. The first-order chi connectivity index (χ1) is 8.08. The van der Waals surface area contributed by atoms with Crippen molar-refractivity contribution in [2.75, 3.05) is 5.73 Å².